The Bertz CT molecular complexity index is 1140. The second kappa shape index (κ2) is 7.16. The summed E-state index contributed by atoms with van der Waals surface area (Å²) < 4.78 is 37.6. The number of aromatic amines is 1. The first-order chi connectivity index (χ1) is 12.7. The number of H-pyrrole nitrogens is 1. The molecule has 0 saturated heterocycles. The zero-order valence-electron chi connectivity index (χ0n) is 15.5. The van der Waals surface area contributed by atoms with Crippen molar-refractivity contribution in [3.05, 3.63) is 51.1 Å². The van der Waals surface area contributed by atoms with Crippen molar-refractivity contribution in [2.45, 2.75) is 32.1 Å². The lowest BCUT2D eigenvalue weighted by Gasteiger charge is -2.10. The highest BCUT2D eigenvalue weighted by atomic mass is 32.2. The number of rotatable bonds is 6. The van der Waals surface area contributed by atoms with Gasteiger partial charge in [0.25, 0.3) is 5.56 Å². The molecule has 8 nitrogen and oxygen atoms in total. The van der Waals surface area contributed by atoms with Crippen LogP contribution in [0.3, 0.4) is 0 Å². The fourth-order valence-corrected chi connectivity index (χ4v) is 4.42. The molecule has 0 bridgehead atoms. The first kappa shape index (κ1) is 19.1. The number of pyridine rings is 1. The van der Waals surface area contributed by atoms with Gasteiger partial charge in [-0.15, -0.1) is 0 Å². The zero-order valence-corrected chi connectivity index (χ0v) is 16.4. The molecule has 3 aromatic rings. The van der Waals surface area contributed by atoms with Gasteiger partial charge in [-0.2, -0.15) is 0 Å². The fourth-order valence-electron chi connectivity index (χ4n) is 3.06. The molecule has 0 aliphatic rings. The van der Waals surface area contributed by atoms with Gasteiger partial charge < -0.3 is 14.2 Å². The third-order valence-corrected chi connectivity index (χ3v) is 6.12. The minimum Gasteiger partial charge on any atom is -0.495 e. The molecule has 0 saturated carbocycles. The molecular weight excluding hydrogens is 370 g/mol. The first-order valence-corrected chi connectivity index (χ1v) is 9.85. The fraction of sp³-hybridized carbons (Fsp3) is 0.333. The number of aromatic nitrogens is 2. The van der Waals surface area contributed by atoms with Gasteiger partial charge in [-0.25, -0.2) is 13.1 Å². The van der Waals surface area contributed by atoms with Crippen LogP contribution in [0, 0.1) is 20.8 Å². The number of methoxy groups -OCH3 is 1. The summed E-state index contributed by atoms with van der Waals surface area (Å²) in [5.74, 6) is 0.810. The third-order valence-electron chi connectivity index (χ3n) is 4.42. The molecule has 2 aromatic heterocycles. The van der Waals surface area contributed by atoms with Crippen LogP contribution in [0.25, 0.3) is 10.9 Å². The van der Waals surface area contributed by atoms with Gasteiger partial charge in [0.2, 0.25) is 10.0 Å². The smallest absolute Gasteiger partial charge is 0.251 e. The van der Waals surface area contributed by atoms with Crippen molar-refractivity contribution in [1.82, 2.24) is 14.9 Å². The van der Waals surface area contributed by atoms with E-state index >= 15 is 0 Å². The predicted molar refractivity (Wildman–Crippen MR) is 101 cm³/mol. The number of hydrogen-bond acceptors (Lipinski definition) is 6. The van der Waals surface area contributed by atoms with Gasteiger partial charge in [0.15, 0.2) is 5.76 Å². The van der Waals surface area contributed by atoms with Gasteiger partial charge in [-0.1, -0.05) is 11.2 Å². The van der Waals surface area contributed by atoms with Gasteiger partial charge in [0.05, 0.1) is 12.6 Å². The summed E-state index contributed by atoms with van der Waals surface area (Å²) in [6.45, 7) is 5.11. The van der Waals surface area contributed by atoms with Gasteiger partial charge in [0.1, 0.15) is 16.3 Å². The van der Waals surface area contributed by atoms with Crippen LogP contribution in [0.1, 0.15) is 22.6 Å². The van der Waals surface area contributed by atoms with E-state index in [9.17, 15) is 13.2 Å². The molecule has 0 unspecified atom stereocenters. The molecule has 0 fully saturated rings. The quantitative estimate of drug-likeness (QED) is 0.664. The van der Waals surface area contributed by atoms with Crippen LogP contribution in [0.5, 0.6) is 5.75 Å². The number of nitrogens with one attached hydrogen (secondary N) is 2. The highest BCUT2D eigenvalue weighted by molar-refractivity contribution is 7.89. The summed E-state index contributed by atoms with van der Waals surface area (Å²) in [6.07, 6.45) is 0.241. The Labute approximate surface area is 156 Å². The van der Waals surface area contributed by atoms with Gasteiger partial charge >= 0.3 is 0 Å². The standard InChI is InChI=1S/C18H21N3O5S/c1-10-5-6-15(25-4)16-14(10)9-13(18(22)20-16)7-8-19-27(23,24)17-11(2)21-26-12(17)3/h5-6,9,19H,7-8H2,1-4H3,(H,20,22). The summed E-state index contributed by atoms with van der Waals surface area (Å²) >= 11 is 0. The second-order valence-corrected chi connectivity index (χ2v) is 8.00. The maximum absolute atomic E-state index is 12.4. The molecule has 2 heterocycles. The molecule has 144 valence electrons. The summed E-state index contributed by atoms with van der Waals surface area (Å²) in [5, 5.41) is 4.52. The van der Waals surface area contributed by atoms with Crippen molar-refractivity contribution in [3.8, 4) is 5.75 Å². The largest absolute Gasteiger partial charge is 0.495 e. The van der Waals surface area contributed by atoms with E-state index in [4.69, 9.17) is 9.26 Å². The van der Waals surface area contributed by atoms with E-state index in [0.717, 1.165) is 10.9 Å². The first-order valence-electron chi connectivity index (χ1n) is 8.36. The highest BCUT2D eigenvalue weighted by Gasteiger charge is 2.23. The van der Waals surface area contributed by atoms with Crippen LogP contribution in [0.15, 0.2) is 32.4 Å². The van der Waals surface area contributed by atoms with E-state index in [2.05, 4.69) is 14.9 Å². The highest BCUT2D eigenvalue weighted by Crippen LogP contribution is 2.26. The van der Waals surface area contributed by atoms with Crippen LogP contribution in [-0.2, 0) is 16.4 Å². The summed E-state index contributed by atoms with van der Waals surface area (Å²) in [5.41, 5.74) is 2.12. The van der Waals surface area contributed by atoms with E-state index in [1.165, 1.54) is 0 Å². The molecule has 3 rings (SSSR count). The summed E-state index contributed by atoms with van der Waals surface area (Å²) in [6, 6.07) is 5.48. The molecule has 1 aromatic carbocycles. The number of aryl methyl sites for hydroxylation is 3. The number of benzene rings is 1. The Morgan fingerprint density at radius 3 is 2.63 bits per heavy atom. The van der Waals surface area contributed by atoms with Crippen LogP contribution < -0.4 is 15.0 Å². The van der Waals surface area contributed by atoms with E-state index in [1.807, 2.05) is 13.0 Å². The maximum Gasteiger partial charge on any atom is 0.251 e. The van der Waals surface area contributed by atoms with Crippen LogP contribution in [0.2, 0.25) is 0 Å². The predicted octanol–water partition coefficient (Wildman–Crippen LogP) is 1.97. The van der Waals surface area contributed by atoms with Crippen molar-refractivity contribution in [2.24, 2.45) is 0 Å². The molecule has 0 amide bonds. The Morgan fingerprint density at radius 2 is 2.00 bits per heavy atom. The molecule has 27 heavy (non-hydrogen) atoms. The Balaban J connectivity index is 1.85. The van der Waals surface area contributed by atoms with E-state index in [1.54, 1.807) is 33.1 Å². The van der Waals surface area contributed by atoms with Crippen molar-refractivity contribution in [2.75, 3.05) is 13.7 Å². The Hall–Kier alpha value is -2.65. The van der Waals surface area contributed by atoms with Gasteiger partial charge in [-0.3, -0.25) is 4.79 Å². The molecular formula is C18H21N3O5S. The SMILES string of the molecule is COc1ccc(C)c2cc(CCNS(=O)(=O)c3c(C)noc3C)c(=O)[nH]c12. The molecule has 0 aliphatic carbocycles. The average Bonchev–Trinajstić information content (AvgIpc) is 2.95. The lowest BCUT2D eigenvalue weighted by Crippen LogP contribution is -2.28. The van der Waals surface area contributed by atoms with Gasteiger partial charge in [0, 0.05) is 17.5 Å². The minimum absolute atomic E-state index is 0.0375. The lowest BCUT2D eigenvalue weighted by atomic mass is 10.1. The molecule has 0 atom stereocenters. The summed E-state index contributed by atoms with van der Waals surface area (Å²) in [4.78, 5) is 15.3. The monoisotopic (exact) mass is 391 g/mol. The van der Waals surface area contributed by atoms with Crippen molar-refractivity contribution in [3.63, 3.8) is 0 Å². The summed E-state index contributed by atoms with van der Waals surface area (Å²) in [7, 11) is -2.22. The van der Waals surface area contributed by atoms with Crippen LogP contribution in [-0.4, -0.2) is 32.2 Å². The Morgan fingerprint density at radius 1 is 1.26 bits per heavy atom. The number of fused-ring (bicyclic) bond motifs is 1. The maximum atomic E-state index is 12.4. The van der Waals surface area contributed by atoms with Crippen LogP contribution in [0.4, 0.5) is 0 Å². The van der Waals surface area contributed by atoms with Gasteiger partial charge in [-0.05, 0) is 44.9 Å². The number of hydrogen-bond donors (Lipinski definition) is 2. The van der Waals surface area contributed by atoms with Crippen molar-refractivity contribution >= 4 is 20.9 Å². The average molecular weight is 391 g/mol. The van der Waals surface area contributed by atoms with Crippen molar-refractivity contribution < 1.29 is 17.7 Å². The molecule has 0 spiro atoms. The topological polar surface area (TPSA) is 114 Å². The number of sulfonamides is 1. The number of ether oxygens (including phenoxy) is 1. The lowest BCUT2D eigenvalue weighted by molar-refractivity contribution is 0.390. The molecule has 2 N–H and O–H groups in total. The zero-order chi connectivity index (χ0) is 19.8. The molecule has 0 aliphatic heterocycles. The second-order valence-electron chi connectivity index (χ2n) is 6.30. The third kappa shape index (κ3) is 3.60. The van der Waals surface area contributed by atoms with Crippen LogP contribution >= 0.6 is 0 Å². The number of nitrogens with zero attached hydrogens (tertiary/aromatic N) is 1. The molecule has 9 heteroatoms. The van der Waals surface area contributed by atoms with E-state index in [0.29, 0.717) is 22.5 Å². The van der Waals surface area contributed by atoms with E-state index in [-0.39, 0.29) is 29.2 Å². The normalized spacial score (nSPS) is 11.9. The van der Waals surface area contributed by atoms with Crippen molar-refractivity contribution in [1.29, 1.82) is 0 Å². The van der Waals surface area contributed by atoms with E-state index < -0.39 is 10.0 Å². The molecule has 0 radical (unpaired) electrons. The Kier molecular flexibility index (Phi) is 5.07. The minimum atomic E-state index is -3.76.